The summed E-state index contributed by atoms with van der Waals surface area (Å²) in [6.07, 6.45) is 3.99. The third-order valence-electron chi connectivity index (χ3n) is 4.82. The van der Waals surface area contributed by atoms with Crippen molar-refractivity contribution in [1.29, 1.82) is 0 Å². The highest BCUT2D eigenvalue weighted by molar-refractivity contribution is 6.35. The SMILES string of the molecule is Cc1[nH]c2c(Cl)ccc(C)c2c1CCNC(=O)c1ccc2nccnc2c1. The molecule has 136 valence electrons. The molecule has 2 N–H and O–H groups in total. The van der Waals surface area contributed by atoms with Gasteiger partial charge in [0.25, 0.3) is 5.91 Å². The van der Waals surface area contributed by atoms with Gasteiger partial charge in [-0.3, -0.25) is 14.8 Å². The molecule has 4 rings (SSSR count). The molecule has 0 atom stereocenters. The molecule has 0 aliphatic heterocycles. The first-order valence-corrected chi connectivity index (χ1v) is 9.17. The van der Waals surface area contributed by atoms with E-state index in [9.17, 15) is 4.79 Å². The standard InChI is InChI=1S/C21H19ClN4O/c1-12-3-5-16(22)20-19(12)15(13(2)26-20)7-8-25-21(27)14-4-6-17-18(11-14)24-10-9-23-17/h3-6,9-11,26H,7-8H2,1-2H3,(H,25,27). The maximum absolute atomic E-state index is 12.5. The fourth-order valence-corrected chi connectivity index (χ4v) is 3.67. The topological polar surface area (TPSA) is 70.7 Å². The Morgan fingerprint density at radius 1 is 1.11 bits per heavy atom. The van der Waals surface area contributed by atoms with Crippen molar-refractivity contribution in [2.45, 2.75) is 20.3 Å². The number of aryl methyl sites for hydroxylation is 2. The summed E-state index contributed by atoms with van der Waals surface area (Å²) >= 11 is 6.31. The highest BCUT2D eigenvalue weighted by Crippen LogP contribution is 2.31. The number of amides is 1. The van der Waals surface area contributed by atoms with E-state index in [1.54, 1.807) is 24.5 Å². The van der Waals surface area contributed by atoms with Crippen molar-refractivity contribution in [2.75, 3.05) is 6.54 Å². The minimum atomic E-state index is -0.116. The number of fused-ring (bicyclic) bond motifs is 2. The number of halogens is 1. The molecule has 4 aromatic rings. The van der Waals surface area contributed by atoms with Crippen molar-refractivity contribution in [3.8, 4) is 0 Å². The predicted octanol–water partition coefficient (Wildman–Crippen LogP) is 4.35. The second kappa shape index (κ2) is 7.00. The summed E-state index contributed by atoms with van der Waals surface area (Å²) in [6, 6.07) is 9.28. The second-order valence-corrected chi connectivity index (χ2v) is 7.02. The van der Waals surface area contributed by atoms with Crippen LogP contribution in [-0.4, -0.2) is 27.4 Å². The summed E-state index contributed by atoms with van der Waals surface area (Å²) < 4.78 is 0. The lowest BCUT2D eigenvalue weighted by molar-refractivity contribution is 0.0954. The molecule has 0 unspecified atom stereocenters. The van der Waals surface area contributed by atoms with Gasteiger partial charge in [-0.2, -0.15) is 0 Å². The van der Waals surface area contributed by atoms with Crippen molar-refractivity contribution in [3.63, 3.8) is 0 Å². The first kappa shape index (κ1) is 17.5. The van der Waals surface area contributed by atoms with E-state index >= 15 is 0 Å². The smallest absolute Gasteiger partial charge is 0.251 e. The lowest BCUT2D eigenvalue weighted by atomic mass is 10.0. The monoisotopic (exact) mass is 378 g/mol. The Morgan fingerprint density at radius 3 is 2.70 bits per heavy atom. The third-order valence-corrected chi connectivity index (χ3v) is 5.14. The van der Waals surface area contributed by atoms with E-state index in [4.69, 9.17) is 11.6 Å². The summed E-state index contributed by atoms with van der Waals surface area (Å²) in [5, 5.41) is 4.86. The van der Waals surface area contributed by atoms with Crippen LogP contribution in [0, 0.1) is 13.8 Å². The lowest BCUT2D eigenvalue weighted by Gasteiger charge is -2.07. The van der Waals surface area contributed by atoms with Gasteiger partial charge >= 0.3 is 0 Å². The maximum atomic E-state index is 12.5. The van der Waals surface area contributed by atoms with Gasteiger partial charge in [0.1, 0.15) is 0 Å². The van der Waals surface area contributed by atoms with Crippen LogP contribution in [-0.2, 0) is 6.42 Å². The molecule has 2 aromatic carbocycles. The second-order valence-electron chi connectivity index (χ2n) is 6.61. The molecular weight excluding hydrogens is 360 g/mol. The molecule has 2 heterocycles. The Hall–Kier alpha value is -2.92. The Morgan fingerprint density at radius 2 is 1.89 bits per heavy atom. The average Bonchev–Trinajstić information content (AvgIpc) is 3.02. The quantitative estimate of drug-likeness (QED) is 0.554. The molecule has 0 saturated carbocycles. The van der Waals surface area contributed by atoms with Crippen molar-refractivity contribution in [1.82, 2.24) is 20.3 Å². The predicted molar refractivity (Wildman–Crippen MR) is 108 cm³/mol. The third kappa shape index (κ3) is 3.26. The number of nitrogens with one attached hydrogen (secondary N) is 2. The van der Waals surface area contributed by atoms with Gasteiger partial charge < -0.3 is 10.3 Å². The number of carbonyl (C=O) groups is 1. The molecule has 0 bridgehead atoms. The first-order chi connectivity index (χ1) is 13.0. The molecule has 6 heteroatoms. The number of carbonyl (C=O) groups excluding carboxylic acids is 1. The van der Waals surface area contributed by atoms with Crippen LogP contribution in [0.25, 0.3) is 21.9 Å². The highest BCUT2D eigenvalue weighted by atomic mass is 35.5. The van der Waals surface area contributed by atoms with E-state index in [2.05, 4.69) is 27.2 Å². The van der Waals surface area contributed by atoms with Gasteiger partial charge in [-0.25, -0.2) is 0 Å². The van der Waals surface area contributed by atoms with Crippen LogP contribution < -0.4 is 5.32 Å². The molecule has 27 heavy (non-hydrogen) atoms. The van der Waals surface area contributed by atoms with E-state index in [1.165, 1.54) is 11.1 Å². The van der Waals surface area contributed by atoms with Crippen molar-refractivity contribution in [2.24, 2.45) is 0 Å². The molecule has 0 spiro atoms. The van der Waals surface area contributed by atoms with Gasteiger partial charge in [0.2, 0.25) is 0 Å². The van der Waals surface area contributed by atoms with E-state index in [0.717, 1.165) is 28.5 Å². The number of rotatable bonds is 4. The van der Waals surface area contributed by atoms with Crippen molar-refractivity contribution >= 4 is 39.4 Å². The number of hydrogen-bond donors (Lipinski definition) is 2. The molecule has 0 aliphatic carbocycles. The normalized spacial score (nSPS) is 11.2. The summed E-state index contributed by atoms with van der Waals surface area (Å²) in [4.78, 5) is 24.3. The highest BCUT2D eigenvalue weighted by Gasteiger charge is 2.14. The molecule has 0 fully saturated rings. The van der Waals surface area contributed by atoms with Gasteiger partial charge in [0.15, 0.2) is 0 Å². The van der Waals surface area contributed by atoms with Crippen LogP contribution in [0.4, 0.5) is 0 Å². The Kier molecular flexibility index (Phi) is 4.54. The van der Waals surface area contributed by atoms with E-state index in [-0.39, 0.29) is 5.91 Å². The summed E-state index contributed by atoms with van der Waals surface area (Å²) in [6.45, 7) is 4.65. The lowest BCUT2D eigenvalue weighted by Crippen LogP contribution is -2.25. The first-order valence-electron chi connectivity index (χ1n) is 8.80. The number of benzene rings is 2. The van der Waals surface area contributed by atoms with Crippen molar-refractivity contribution < 1.29 is 4.79 Å². The molecular formula is C21H19ClN4O. The molecule has 0 aliphatic rings. The maximum Gasteiger partial charge on any atom is 0.251 e. The minimum absolute atomic E-state index is 0.116. The van der Waals surface area contributed by atoms with Crippen LogP contribution >= 0.6 is 11.6 Å². The Bertz CT molecular complexity index is 1170. The van der Waals surface area contributed by atoms with E-state index in [1.807, 2.05) is 25.1 Å². The largest absolute Gasteiger partial charge is 0.357 e. The zero-order chi connectivity index (χ0) is 19.0. The Labute approximate surface area is 161 Å². The van der Waals surface area contributed by atoms with Crippen LogP contribution in [0.1, 0.15) is 27.2 Å². The number of aromatic nitrogens is 3. The number of aromatic amines is 1. The van der Waals surface area contributed by atoms with Gasteiger partial charge in [0, 0.05) is 35.6 Å². The molecule has 0 radical (unpaired) electrons. The van der Waals surface area contributed by atoms with Gasteiger partial charge in [-0.05, 0) is 55.7 Å². The zero-order valence-corrected chi connectivity index (χ0v) is 15.9. The van der Waals surface area contributed by atoms with Crippen LogP contribution in [0.5, 0.6) is 0 Å². The van der Waals surface area contributed by atoms with Gasteiger partial charge in [-0.15, -0.1) is 0 Å². The molecule has 0 saturated heterocycles. The van der Waals surface area contributed by atoms with Crippen molar-refractivity contribution in [3.05, 3.63) is 70.1 Å². The number of hydrogen-bond acceptors (Lipinski definition) is 3. The van der Waals surface area contributed by atoms with Crippen LogP contribution in [0.15, 0.2) is 42.7 Å². The van der Waals surface area contributed by atoms with Gasteiger partial charge in [-0.1, -0.05) is 17.7 Å². The van der Waals surface area contributed by atoms with Crippen LogP contribution in [0.3, 0.4) is 0 Å². The van der Waals surface area contributed by atoms with Gasteiger partial charge in [0.05, 0.1) is 21.6 Å². The number of nitrogens with zero attached hydrogens (tertiary/aromatic N) is 2. The molecule has 1 amide bonds. The molecule has 5 nitrogen and oxygen atoms in total. The average molecular weight is 379 g/mol. The number of H-pyrrole nitrogens is 1. The summed E-state index contributed by atoms with van der Waals surface area (Å²) in [5.74, 6) is -0.116. The van der Waals surface area contributed by atoms with E-state index < -0.39 is 0 Å². The fourth-order valence-electron chi connectivity index (χ4n) is 3.46. The minimum Gasteiger partial charge on any atom is -0.357 e. The fraction of sp³-hybridized carbons (Fsp3) is 0.190. The van der Waals surface area contributed by atoms with E-state index in [0.29, 0.717) is 22.6 Å². The summed E-state index contributed by atoms with van der Waals surface area (Å²) in [5.41, 5.74) is 6.47. The summed E-state index contributed by atoms with van der Waals surface area (Å²) in [7, 11) is 0. The zero-order valence-electron chi connectivity index (χ0n) is 15.1. The van der Waals surface area contributed by atoms with Crippen LogP contribution in [0.2, 0.25) is 5.02 Å². The molecule has 2 aromatic heterocycles. The Balaban J connectivity index is 1.51.